The molecule has 0 bridgehead atoms. The van der Waals surface area contributed by atoms with Gasteiger partial charge in [-0.25, -0.2) is 4.98 Å². The molecule has 0 fully saturated rings. The lowest BCUT2D eigenvalue weighted by Crippen LogP contribution is -2.30. The first kappa shape index (κ1) is 30.3. The number of aromatic nitrogens is 3. The number of hydrogen-bond acceptors (Lipinski definition) is 8. The van der Waals surface area contributed by atoms with Crippen molar-refractivity contribution in [2.75, 3.05) is 33.0 Å². The number of pyridine rings is 2. The molecule has 0 radical (unpaired) electrons. The molecule has 1 aromatic carbocycles. The minimum atomic E-state index is -0.622. The third-order valence-electron chi connectivity index (χ3n) is 6.46. The fraction of sp³-hybridized carbons (Fsp3) is 0.387. The molecule has 3 aromatic heterocycles. The van der Waals surface area contributed by atoms with E-state index in [1.165, 1.54) is 10.5 Å². The van der Waals surface area contributed by atoms with Crippen LogP contribution in [0.15, 0.2) is 46.3 Å². The lowest BCUT2D eigenvalue weighted by atomic mass is 10.1. The molecule has 11 nitrogen and oxygen atoms in total. The number of carbonyl (C=O) groups is 1. The van der Waals surface area contributed by atoms with Gasteiger partial charge in [-0.05, 0) is 70.9 Å². The number of hydrogen-bond donors (Lipinski definition) is 0. The first-order valence-electron chi connectivity index (χ1n) is 14.1. The van der Waals surface area contributed by atoms with Crippen LogP contribution in [0.2, 0.25) is 0 Å². The van der Waals surface area contributed by atoms with E-state index >= 15 is 0 Å². The monoisotopic (exact) mass is 573 g/mol. The summed E-state index contributed by atoms with van der Waals surface area (Å²) in [4.78, 5) is 36.5. The average Bonchev–Trinajstić information content (AvgIpc) is 2.98. The van der Waals surface area contributed by atoms with Crippen molar-refractivity contribution in [1.82, 2.24) is 14.0 Å². The maximum atomic E-state index is 13.7. The first-order chi connectivity index (χ1) is 20.4. The van der Waals surface area contributed by atoms with E-state index in [1.807, 2.05) is 40.7 Å². The van der Waals surface area contributed by atoms with Crippen molar-refractivity contribution in [2.45, 2.75) is 47.6 Å². The highest BCUT2D eigenvalue weighted by molar-refractivity contribution is 5.96. The van der Waals surface area contributed by atoms with Gasteiger partial charge in [-0.1, -0.05) is 6.07 Å². The lowest BCUT2D eigenvalue weighted by molar-refractivity contribution is 0.0995. The van der Waals surface area contributed by atoms with E-state index in [4.69, 9.17) is 23.9 Å². The molecule has 4 aromatic rings. The predicted octanol–water partition coefficient (Wildman–Crippen LogP) is 4.19. The normalized spacial score (nSPS) is 11.6. The second-order valence-electron chi connectivity index (χ2n) is 9.25. The Hall–Kier alpha value is -4.69. The fourth-order valence-electron chi connectivity index (χ4n) is 4.64. The minimum absolute atomic E-state index is 0.0692. The van der Waals surface area contributed by atoms with Gasteiger partial charge in [0.2, 0.25) is 5.75 Å². The molecule has 0 N–H and O–H groups in total. The number of carbonyl (C=O) groups excluding carboxylic acids is 1. The largest absolute Gasteiger partial charge is 0.490 e. The second-order valence-corrected chi connectivity index (χ2v) is 9.25. The fourth-order valence-corrected chi connectivity index (χ4v) is 4.64. The van der Waals surface area contributed by atoms with Gasteiger partial charge in [0.05, 0.1) is 30.8 Å². The summed E-state index contributed by atoms with van der Waals surface area (Å²) < 4.78 is 25.9. The Morgan fingerprint density at radius 1 is 1.00 bits per heavy atom. The molecule has 0 unspecified atom stereocenters. The van der Waals surface area contributed by atoms with E-state index in [1.54, 1.807) is 29.0 Å². The predicted molar refractivity (Wildman–Crippen MR) is 157 cm³/mol. The van der Waals surface area contributed by atoms with Gasteiger partial charge in [-0.3, -0.25) is 14.0 Å². The highest BCUT2D eigenvalue weighted by Gasteiger charge is 2.20. The van der Waals surface area contributed by atoms with Gasteiger partial charge < -0.3 is 23.5 Å². The maximum Gasteiger partial charge on any atom is 0.279 e. The summed E-state index contributed by atoms with van der Waals surface area (Å²) in [7, 11) is 0. The number of nitrogens with zero attached hydrogens (tertiary/aromatic N) is 5. The van der Waals surface area contributed by atoms with Crippen molar-refractivity contribution >= 4 is 22.6 Å². The summed E-state index contributed by atoms with van der Waals surface area (Å²) in [5.74, 6) is 0.482. The summed E-state index contributed by atoms with van der Waals surface area (Å²) in [5, 5.41) is 10.4. The van der Waals surface area contributed by atoms with Gasteiger partial charge >= 0.3 is 0 Å². The highest BCUT2D eigenvalue weighted by Crippen LogP contribution is 2.39. The van der Waals surface area contributed by atoms with Gasteiger partial charge in [0, 0.05) is 31.5 Å². The highest BCUT2D eigenvalue weighted by atomic mass is 16.5. The molecule has 42 heavy (non-hydrogen) atoms. The van der Waals surface area contributed by atoms with E-state index in [-0.39, 0.29) is 27.6 Å². The Labute approximate surface area is 243 Å². The maximum absolute atomic E-state index is 13.7. The van der Waals surface area contributed by atoms with Crippen LogP contribution < -0.4 is 25.3 Å². The van der Waals surface area contributed by atoms with Gasteiger partial charge in [-0.2, -0.15) is 10.3 Å². The Morgan fingerprint density at radius 2 is 1.69 bits per heavy atom. The first-order valence-corrected chi connectivity index (χ1v) is 14.1. The number of nitriles is 1. The smallest absolute Gasteiger partial charge is 0.279 e. The average molecular weight is 574 g/mol. The molecule has 0 saturated carbocycles. The molecular formula is C31H35N5O6. The van der Waals surface area contributed by atoms with Crippen LogP contribution in [0.1, 0.15) is 55.6 Å². The molecule has 1 amide bonds. The third kappa shape index (κ3) is 6.14. The molecule has 0 aliphatic rings. The van der Waals surface area contributed by atoms with E-state index in [0.29, 0.717) is 74.5 Å². The summed E-state index contributed by atoms with van der Waals surface area (Å²) >= 11 is 0. The lowest BCUT2D eigenvalue weighted by Gasteiger charge is -2.16. The van der Waals surface area contributed by atoms with E-state index in [0.717, 1.165) is 5.56 Å². The number of benzene rings is 1. The van der Waals surface area contributed by atoms with Crippen LogP contribution in [0.25, 0.3) is 16.7 Å². The summed E-state index contributed by atoms with van der Waals surface area (Å²) in [6, 6.07) is 10.3. The Bertz CT molecular complexity index is 1760. The summed E-state index contributed by atoms with van der Waals surface area (Å²) in [6.45, 7) is 11.6. The number of aryl methyl sites for hydroxylation is 2. The molecule has 0 atom stereocenters. The van der Waals surface area contributed by atoms with Gasteiger partial charge in [-0.15, -0.1) is 0 Å². The van der Waals surface area contributed by atoms with Crippen molar-refractivity contribution in [2.24, 2.45) is 4.99 Å². The van der Waals surface area contributed by atoms with E-state index < -0.39 is 5.91 Å². The summed E-state index contributed by atoms with van der Waals surface area (Å²) in [6.07, 6.45) is 2.18. The SMILES string of the molecule is CCOCCCn1c(=NC(=O)c2cc(OCC)c(OCC)c(OCC)c2)c(C#N)cc2c(=O)n3cccc(C)c3nc21. The van der Waals surface area contributed by atoms with E-state index in [2.05, 4.69) is 11.1 Å². The second kappa shape index (κ2) is 13.8. The Kier molecular flexibility index (Phi) is 9.93. The molecule has 0 aliphatic heterocycles. The Balaban J connectivity index is 2.00. The molecule has 0 aliphatic carbocycles. The zero-order valence-electron chi connectivity index (χ0n) is 24.6. The third-order valence-corrected chi connectivity index (χ3v) is 6.46. The standard InChI is InChI=1S/C31H35N5O6/c1-6-39-15-11-14-35-28(22(19-32)16-23-29(35)33-27-20(5)12-10-13-36(27)31(23)38)34-30(37)21-17-24(40-7-2)26(42-9-4)25(18-21)41-8-3/h10,12-13,16-18H,6-9,11,14-15H2,1-5H3. The molecular weight excluding hydrogens is 538 g/mol. The van der Waals surface area contributed by atoms with Crippen LogP contribution in [0, 0.1) is 18.3 Å². The van der Waals surface area contributed by atoms with Crippen molar-refractivity contribution in [3.63, 3.8) is 0 Å². The zero-order chi connectivity index (χ0) is 30.2. The summed E-state index contributed by atoms with van der Waals surface area (Å²) in [5.41, 5.74) is 1.65. The van der Waals surface area contributed by atoms with Crippen molar-refractivity contribution in [1.29, 1.82) is 5.26 Å². The zero-order valence-corrected chi connectivity index (χ0v) is 24.6. The van der Waals surface area contributed by atoms with Gasteiger partial charge in [0.25, 0.3) is 11.5 Å². The topological polar surface area (TPSA) is 129 Å². The quantitative estimate of drug-likeness (QED) is 0.182. The van der Waals surface area contributed by atoms with Crippen LogP contribution in [0.3, 0.4) is 0 Å². The minimum Gasteiger partial charge on any atom is -0.490 e. The molecule has 4 rings (SSSR count). The number of ether oxygens (including phenoxy) is 4. The number of fused-ring (bicyclic) bond motifs is 2. The van der Waals surface area contributed by atoms with Crippen LogP contribution in [-0.2, 0) is 11.3 Å². The van der Waals surface area contributed by atoms with Crippen LogP contribution in [-0.4, -0.2) is 52.9 Å². The van der Waals surface area contributed by atoms with Crippen molar-refractivity contribution in [3.8, 4) is 23.3 Å². The number of amides is 1. The molecule has 11 heteroatoms. The molecule has 0 saturated heterocycles. The van der Waals surface area contributed by atoms with Crippen LogP contribution in [0.4, 0.5) is 0 Å². The molecule has 3 heterocycles. The van der Waals surface area contributed by atoms with Crippen molar-refractivity contribution < 1.29 is 23.7 Å². The molecule has 220 valence electrons. The van der Waals surface area contributed by atoms with Crippen LogP contribution >= 0.6 is 0 Å². The van der Waals surface area contributed by atoms with Crippen molar-refractivity contribution in [3.05, 3.63) is 69.1 Å². The van der Waals surface area contributed by atoms with Crippen LogP contribution in [0.5, 0.6) is 17.2 Å². The van der Waals surface area contributed by atoms with Gasteiger partial charge in [0.15, 0.2) is 17.0 Å². The Morgan fingerprint density at radius 3 is 2.31 bits per heavy atom. The molecule has 0 spiro atoms. The number of rotatable bonds is 12. The van der Waals surface area contributed by atoms with E-state index in [9.17, 15) is 14.9 Å². The van der Waals surface area contributed by atoms with Gasteiger partial charge in [0.1, 0.15) is 17.4 Å².